The lowest BCUT2D eigenvalue weighted by atomic mass is 9.41. The van der Waals surface area contributed by atoms with E-state index in [9.17, 15) is 19.8 Å². The molecule has 0 aromatic rings. The average Bonchev–Trinajstić information content (AvgIpc) is 3.53. The predicted octanol–water partition coefficient (Wildman–Crippen LogP) is 10.3. The van der Waals surface area contributed by atoms with Crippen molar-refractivity contribution in [2.24, 2.45) is 52.3 Å². The number of allylic oxidation sites excluding steroid dienone is 2. The van der Waals surface area contributed by atoms with E-state index < -0.39 is 0 Å². The Morgan fingerprint density at radius 2 is 1.31 bits per heavy atom. The number of ether oxygens (including phenoxy) is 1. The van der Waals surface area contributed by atoms with Crippen molar-refractivity contribution in [3.63, 3.8) is 0 Å². The highest BCUT2D eigenvalue weighted by molar-refractivity contribution is 5.76. The largest absolute Gasteiger partial charge is 0.393 e. The second-order valence-corrected chi connectivity index (χ2v) is 19.3. The lowest BCUT2D eigenvalue weighted by Gasteiger charge is -2.64. The Labute approximate surface area is 337 Å². The summed E-state index contributed by atoms with van der Waals surface area (Å²) in [6, 6.07) is 0. The molecule has 7 nitrogen and oxygen atoms in total. The van der Waals surface area contributed by atoms with Crippen molar-refractivity contribution in [1.29, 1.82) is 0 Å². The van der Waals surface area contributed by atoms with Crippen LogP contribution in [-0.4, -0.2) is 60.5 Å². The van der Waals surface area contributed by atoms with E-state index in [-0.39, 0.29) is 34.9 Å². The zero-order chi connectivity index (χ0) is 39.7. The quantitative estimate of drug-likeness (QED) is 0.0518. The first kappa shape index (κ1) is 46.3. The molecule has 0 saturated heterocycles. The van der Waals surface area contributed by atoms with E-state index in [2.05, 4.69) is 57.4 Å². The molecule has 0 bridgehead atoms. The minimum Gasteiger partial charge on any atom is -0.393 e. The summed E-state index contributed by atoms with van der Waals surface area (Å²) >= 11 is 0. The van der Waals surface area contributed by atoms with Gasteiger partial charge in [-0.05, 0) is 136 Å². The molecule has 0 aromatic heterocycles. The third kappa shape index (κ3) is 13.0. The predicted molar refractivity (Wildman–Crippen MR) is 226 cm³/mol. The molecule has 0 heterocycles. The Kier molecular flexibility index (Phi) is 20.0. The van der Waals surface area contributed by atoms with Crippen molar-refractivity contribution in [2.45, 2.75) is 201 Å². The fraction of sp³-hybridized carbons (Fsp3) is 0.917. The Morgan fingerprint density at radius 3 is 1.96 bits per heavy atom. The number of aliphatic hydroxyl groups excluding tert-OH is 2. The highest BCUT2D eigenvalue weighted by Gasteiger charge is 2.64. The number of nitrogens with one attached hydrogen (secondary N) is 2. The van der Waals surface area contributed by atoms with Crippen LogP contribution in [-0.2, 0) is 14.3 Å². The van der Waals surface area contributed by atoms with E-state index in [0.29, 0.717) is 80.6 Å². The van der Waals surface area contributed by atoms with Crippen molar-refractivity contribution in [3.05, 3.63) is 12.2 Å². The van der Waals surface area contributed by atoms with Gasteiger partial charge in [0.2, 0.25) is 11.8 Å². The SMILES string of the molecule is CCCCCCCCC=CCCCCCCCC(=O)NCCOCCNC(=O)CC[C@@H](C)C1CC[C@H]2[C@@H]3[C@H](O)[C@H](CC)[C@@H]4C[C@H](O)CC[C@]4(C)[C@H]3CC[C@]12C. The maximum Gasteiger partial charge on any atom is 0.220 e. The first-order chi connectivity index (χ1) is 26.6. The Hall–Kier alpha value is -1.44. The summed E-state index contributed by atoms with van der Waals surface area (Å²) in [5.41, 5.74) is 0.454. The molecule has 1 unspecified atom stereocenters. The minimum absolute atomic E-state index is 0.0964. The van der Waals surface area contributed by atoms with E-state index in [4.69, 9.17) is 4.74 Å². The van der Waals surface area contributed by atoms with E-state index in [0.717, 1.165) is 44.9 Å². The highest BCUT2D eigenvalue weighted by atomic mass is 16.5. The van der Waals surface area contributed by atoms with Crippen molar-refractivity contribution in [3.8, 4) is 0 Å². The summed E-state index contributed by atoms with van der Waals surface area (Å²) < 4.78 is 5.69. The van der Waals surface area contributed by atoms with Gasteiger partial charge in [-0.15, -0.1) is 0 Å². The number of fused-ring (bicyclic) bond motifs is 5. The number of hydrogen-bond donors (Lipinski definition) is 4. The van der Waals surface area contributed by atoms with Crippen LogP contribution in [0.15, 0.2) is 12.2 Å². The van der Waals surface area contributed by atoms with E-state index >= 15 is 0 Å². The lowest BCUT2D eigenvalue weighted by Crippen LogP contribution is -2.62. The van der Waals surface area contributed by atoms with Gasteiger partial charge in [-0.2, -0.15) is 0 Å². The number of carbonyl (C=O) groups excluding carboxylic acids is 2. The molecule has 55 heavy (non-hydrogen) atoms. The van der Waals surface area contributed by atoms with Crippen LogP contribution in [0.2, 0.25) is 0 Å². The standard InChI is InChI=1S/C48H86N2O5/c1-6-8-9-10-11-12-13-14-15-16-17-18-19-20-21-22-43(52)49-31-33-55-34-32-50-44(53)26-23-36(3)39-24-25-40-45-41(28-30-47(39,40)4)48(5)29-27-37(51)35-42(48)38(7-2)46(45)54/h14-15,36-42,45-46,51,54H,6-13,16-35H2,1-5H3,(H,49,52)(H,50,53)/t36-,37-,38-,39?,40+,41+,42+,45+,46-,47-,48-/m1/s1. The number of aliphatic hydroxyl groups is 2. The van der Waals surface area contributed by atoms with E-state index in [1.807, 2.05) is 0 Å². The summed E-state index contributed by atoms with van der Waals surface area (Å²) in [6.07, 6.45) is 31.3. The molecule has 7 heteroatoms. The van der Waals surface area contributed by atoms with Crippen LogP contribution in [0, 0.1) is 52.3 Å². The number of carbonyl (C=O) groups is 2. The number of unbranched alkanes of at least 4 members (excludes halogenated alkanes) is 11. The molecule has 4 fully saturated rings. The summed E-state index contributed by atoms with van der Waals surface area (Å²) in [5.74, 6) is 3.46. The molecule has 4 aliphatic carbocycles. The van der Waals surface area contributed by atoms with Gasteiger partial charge in [0.15, 0.2) is 0 Å². The molecule has 4 rings (SSSR count). The molecule has 4 aliphatic rings. The number of amides is 2. The summed E-state index contributed by atoms with van der Waals surface area (Å²) in [4.78, 5) is 25.0. The van der Waals surface area contributed by atoms with Crippen LogP contribution in [0.3, 0.4) is 0 Å². The fourth-order valence-corrected chi connectivity index (χ4v) is 12.7. The molecular formula is C48H86N2O5. The zero-order valence-corrected chi connectivity index (χ0v) is 36.3. The normalized spacial score (nSPS) is 33.5. The van der Waals surface area contributed by atoms with Crippen LogP contribution < -0.4 is 10.6 Å². The van der Waals surface area contributed by atoms with Crippen molar-refractivity contribution < 1.29 is 24.5 Å². The first-order valence-electron chi connectivity index (χ1n) is 23.7. The van der Waals surface area contributed by atoms with Gasteiger partial charge in [0.1, 0.15) is 0 Å². The first-order valence-corrected chi connectivity index (χ1v) is 23.7. The van der Waals surface area contributed by atoms with Crippen LogP contribution in [0.4, 0.5) is 0 Å². The maximum absolute atomic E-state index is 12.8. The number of hydrogen-bond acceptors (Lipinski definition) is 5. The maximum atomic E-state index is 12.8. The molecule has 4 saturated carbocycles. The Balaban J connectivity index is 1.01. The Bertz CT molecular complexity index is 1150. The molecule has 11 atom stereocenters. The van der Waals surface area contributed by atoms with Crippen molar-refractivity contribution >= 4 is 11.8 Å². The Morgan fingerprint density at radius 1 is 0.727 bits per heavy atom. The van der Waals surface area contributed by atoms with Crippen LogP contribution in [0.1, 0.15) is 189 Å². The van der Waals surface area contributed by atoms with Crippen molar-refractivity contribution in [2.75, 3.05) is 26.3 Å². The van der Waals surface area contributed by atoms with Gasteiger partial charge in [0.05, 0.1) is 25.4 Å². The van der Waals surface area contributed by atoms with Gasteiger partial charge in [0.25, 0.3) is 0 Å². The van der Waals surface area contributed by atoms with Crippen molar-refractivity contribution in [1.82, 2.24) is 10.6 Å². The van der Waals surface area contributed by atoms with Gasteiger partial charge in [-0.25, -0.2) is 0 Å². The van der Waals surface area contributed by atoms with E-state index in [1.165, 1.54) is 96.3 Å². The third-order valence-electron chi connectivity index (χ3n) is 15.8. The number of rotatable bonds is 26. The second kappa shape index (κ2) is 23.8. The lowest BCUT2D eigenvalue weighted by molar-refractivity contribution is -0.203. The third-order valence-corrected chi connectivity index (χ3v) is 15.8. The molecule has 0 aliphatic heterocycles. The summed E-state index contributed by atoms with van der Waals surface area (Å²) in [7, 11) is 0. The van der Waals surface area contributed by atoms with Gasteiger partial charge in [-0.3, -0.25) is 9.59 Å². The second-order valence-electron chi connectivity index (χ2n) is 19.3. The van der Waals surface area contributed by atoms with Gasteiger partial charge >= 0.3 is 0 Å². The van der Waals surface area contributed by atoms with E-state index in [1.54, 1.807) is 0 Å². The molecular weight excluding hydrogens is 685 g/mol. The van der Waals surface area contributed by atoms with Gasteiger partial charge < -0.3 is 25.6 Å². The molecule has 0 radical (unpaired) electrons. The molecule has 318 valence electrons. The highest BCUT2D eigenvalue weighted by Crippen LogP contribution is 2.69. The topological polar surface area (TPSA) is 108 Å². The fourth-order valence-electron chi connectivity index (χ4n) is 12.7. The summed E-state index contributed by atoms with van der Waals surface area (Å²) in [6.45, 7) is 13.8. The molecule has 4 N–H and O–H groups in total. The molecule has 2 amide bonds. The van der Waals surface area contributed by atoms with Crippen LogP contribution in [0.5, 0.6) is 0 Å². The average molecular weight is 771 g/mol. The van der Waals surface area contributed by atoms with Crippen LogP contribution >= 0.6 is 0 Å². The minimum atomic E-state index is -0.261. The van der Waals surface area contributed by atoms with Crippen LogP contribution in [0.25, 0.3) is 0 Å². The molecule has 0 aromatic carbocycles. The monoisotopic (exact) mass is 771 g/mol. The summed E-state index contributed by atoms with van der Waals surface area (Å²) in [5, 5.41) is 28.6. The zero-order valence-electron chi connectivity index (χ0n) is 36.3. The van der Waals surface area contributed by atoms with Gasteiger partial charge in [0, 0.05) is 25.9 Å². The molecule has 0 spiro atoms. The smallest absolute Gasteiger partial charge is 0.220 e. The van der Waals surface area contributed by atoms with Gasteiger partial charge in [-0.1, -0.05) is 105 Å².